The number of allylic oxidation sites excluding steroid dienone is 2. The van der Waals surface area contributed by atoms with E-state index in [1.165, 1.54) is 13.8 Å². The van der Waals surface area contributed by atoms with Crippen LogP contribution in [0.1, 0.15) is 114 Å². The Hall–Kier alpha value is -4.46. The Morgan fingerprint density at radius 1 is 0.591 bits per heavy atom. The van der Waals surface area contributed by atoms with E-state index in [0.29, 0.717) is 22.9 Å². The SMILES string of the molecule is CCCC1=Cc2nc1c(OC(C)=O)cc1[nH]c(cc1CCC)c1nc(c(OC(C)=O)cc3[nH]c2cc3CCC)C(CCC)=C1. The monoisotopic (exact) mass is 594 g/mol. The number of H-pyrrole nitrogens is 2. The molecular formula is C36H42N4O4. The molecule has 0 atom stereocenters. The summed E-state index contributed by atoms with van der Waals surface area (Å²) in [5, 5.41) is 0. The molecule has 3 aromatic heterocycles. The number of nitrogens with one attached hydrogen (secondary N) is 2. The Balaban J connectivity index is 1.99. The number of carbonyl (C=O) groups excluding carboxylic acids is 2. The molecule has 8 bridgehead atoms. The first-order valence-corrected chi connectivity index (χ1v) is 15.8. The third-order valence-corrected chi connectivity index (χ3v) is 7.72. The van der Waals surface area contributed by atoms with Crippen LogP contribution in [0.2, 0.25) is 0 Å². The van der Waals surface area contributed by atoms with Gasteiger partial charge in [-0.15, -0.1) is 0 Å². The summed E-state index contributed by atoms with van der Waals surface area (Å²) >= 11 is 0. The Morgan fingerprint density at radius 3 is 1.32 bits per heavy atom. The van der Waals surface area contributed by atoms with Gasteiger partial charge in [-0.25, -0.2) is 9.97 Å². The summed E-state index contributed by atoms with van der Waals surface area (Å²) in [7, 11) is 0. The fourth-order valence-corrected chi connectivity index (χ4v) is 5.92. The lowest BCUT2D eigenvalue weighted by Gasteiger charge is -2.06. The van der Waals surface area contributed by atoms with Crippen molar-refractivity contribution in [2.24, 2.45) is 0 Å². The maximum atomic E-state index is 12.4. The molecule has 8 nitrogen and oxygen atoms in total. The maximum Gasteiger partial charge on any atom is 0.308 e. The Morgan fingerprint density at radius 2 is 0.977 bits per heavy atom. The largest absolute Gasteiger partial charge is 0.424 e. The number of aromatic amines is 2. The van der Waals surface area contributed by atoms with Gasteiger partial charge in [0.25, 0.3) is 0 Å². The van der Waals surface area contributed by atoms with Crippen LogP contribution in [0.3, 0.4) is 0 Å². The van der Waals surface area contributed by atoms with E-state index in [0.717, 1.165) is 107 Å². The van der Waals surface area contributed by atoms with Crippen LogP contribution >= 0.6 is 0 Å². The minimum absolute atomic E-state index is 0.399. The number of rotatable bonds is 10. The number of aryl methyl sites for hydroxylation is 2. The Labute approximate surface area is 258 Å². The fraction of sp³-hybridized carbons (Fsp3) is 0.389. The number of esters is 2. The van der Waals surface area contributed by atoms with E-state index in [2.05, 4.69) is 61.9 Å². The summed E-state index contributed by atoms with van der Waals surface area (Å²) in [5.74, 6) is 0.0445. The van der Waals surface area contributed by atoms with Gasteiger partial charge in [-0.2, -0.15) is 0 Å². The number of hydrogen-bond donors (Lipinski definition) is 2. The molecule has 3 aromatic rings. The van der Waals surface area contributed by atoms with Crippen LogP contribution in [0.25, 0.3) is 45.4 Å². The van der Waals surface area contributed by atoms with Crippen molar-refractivity contribution in [3.63, 3.8) is 0 Å². The predicted octanol–water partition coefficient (Wildman–Crippen LogP) is 8.75. The van der Waals surface area contributed by atoms with Crippen LogP contribution in [-0.2, 0) is 22.4 Å². The van der Waals surface area contributed by atoms with Crippen LogP contribution in [0.15, 0.2) is 24.3 Å². The second-order valence-corrected chi connectivity index (χ2v) is 11.5. The zero-order valence-electron chi connectivity index (χ0n) is 26.6. The molecule has 2 aliphatic rings. The third kappa shape index (κ3) is 6.54. The molecule has 0 amide bonds. The van der Waals surface area contributed by atoms with E-state index in [1.54, 1.807) is 0 Å². The van der Waals surface area contributed by atoms with Gasteiger partial charge in [0.1, 0.15) is 11.4 Å². The molecule has 0 unspecified atom stereocenters. The molecule has 2 N–H and O–H groups in total. The van der Waals surface area contributed by atoms with E-state index in [1.807, 2.05) is 12.1 Å². The second kappa shape index (κ2) is 13.5. The van der Waals surface area contributed by atoms with Gasteiger partial charge in [0.15, 0.2) is 11.5 Å². The van der Waals surface area contributed by atoms with Gasteiger partial charge >= 0.3 is 11.9 Å². The first kappa shape index (κ1) is 31.0. The minimum Gasteiger partial charge on any atom is -0.424 e. The van der Waals surface area contributed by atoms with Crippen molar-refractivity contribution in [3.8, 4) is 11.5 Å². The molecule has 230 valence electrons. The van der Waals surface area contributed by atoms with Crippen molar-refractivity contribution >= 4 is 57.3 Å². The summed E-state index contributed by atoms with van der Waals surface area (Å²) in [6, 6.07) is 8.03. The molecule has 0 spiro atoms. The molecule has 44 heavy (non-hydrogen) atoms. The molecule has 5 heterocycles. The second-order valence-electron chi connectivity index (χ2n) is 11.5. The van der Waals surface area contributed by atoms with E-state index in [9.17, 15) is 9.59 Å². The van der Waals surface area contributed by atoms with Crippen LogP contribution < -0.4 is 9.47 Å². The number of hydrogen-bond acceptors (Lipinski definition) is 6. The molecule has 0 aliphatic carbocycles. The van der Waals surface area contributed by atoms with Crippen LogP contribution in [0.5, 0.6) is 11.5 Å². The van der Waals surface area contributed by atoms with Crippen molar-refractivity contribution < 1.29 is 19.1 Å². The number of fused-ring (bicyclic) bond motifs is 10. The van der Waals surface area contributed by atoms with Gasteiger partial charge in [0.05, 0.1) is 22.4 Å². The average Bonchev–Trinajstić information content (AvgIpc) is 3.74. The predicted molar refractivity (Wildman–Crippen MR) is 177 cm³/mol. The zero-order chi connectivity index (χ0) is 31.4. The number of nitrogens with zero attached hydrogens (tertiary/aromatic N) is 2. The lowest BCUT2D eigenvalue weighted by atomic mass is 10.1. The number of aromatic nitrogens is 4. The zero-order valence-corrected chi connectivity index (χ0v) is 26.6. The van der Waals surface area contributed by atoms with E-state index in [-0.39, 0.29) is 0 Å². The highest BCUT2D eigenvalue weighted by Gasteiger charge is 2.21. The molecule has 0 aromatic carbocycles. The lowest BCUT2D eigenvalue weighted by molar-refractivity contribution is -0.132. The van der Waals surface area contributed by atoms with Crippen LogP contribution in [0.4, 0.5) is 0 Å². The molecule has 0 fully saturated rings. The topological polar surface area (TPSA) is 110 Å². The highest BCUT2D eigenvalue weighted by atomic mass is 16.5. The summed E-state index contributed by atoms with van der Waals surface area (Å²) in [6.45, 7) is 11.4. The molecule has 5 rings (SSSR count). The average molecular weight is 595 g/mol. The summed E-state index contributed by atoms with van der Waals surface area (Å²) in [5.41, 5.74) is 10.4. The van der Waals surface area contributed by atoms with Crippen LogP contribution in [-0.4, -0.2) is 31.9 Å². The van der Waals surface area contributed by atoms with Crippen molar-refractivity contribution in [3.05, 3.63) is 58.2 Å². The van der Waals surface area contributed by atoms with E-state index in [4.69, 9.17) is 19.4 Å². The van der Waals surface area contributed by atoms with Gasteiger partial charge in [0, 0.05) is 37.0 Å². The molecule has 0 saturated heterocycles. The van der Waals surface area contributed by atoms with Crippen molar-refractivity contribution in [2.45, 2.75) is 92.9 Å². The van der Waals surface area contributed by atoms with Crippen molar-refractivity contribution in [2.75, 3.05) is 0 Å². The molecule has 8 heteroatoms. The van der Waals surface area contributed by atoms with Gasteiger partial charge < -0.3 is 19.4 Å². The summed E-state index contributed by atoms with van der Waals surface area (Å²) in [6.07, 6.45) is 11.1. The third-order valence-electron chi connectivity index (χ3n) is 7.72. The highest BCUT2D eigenvalue weighted by Crippen LogP contribution is 2.37. The number of ether oxygens (including phenoxy) is 2. The molecule has 0 radical (unpaired) electrons. The van der Waals surface area contributed by atoms with Gasteiger partial charge in [-0.1, -0.05) is 53.4 Å². The summed E-state index contributed by atoms with van der Waals surface area (Å²) in [4.78, 5) is 42.0. The minimum atomic E-state index is -0.399. The van der Waals surface area contributed by atoms with Crippen LogP contribution in [0, 0.1) is 0 Å². The molecular weight excluding hydrogens is 552 g/mol. The summed E-state index contributed by atoms with van der Waals surface area (Å²) < 4.78 is 11.7. The Kier molecular flexibility index (Phi) is 9.47. The number of carbonyl (C=O) groups is 2. The highest BCUT2D eigenvalue weighted by molar-refractivity contribution is 5.93. The molecule has 2 aliphatic heterocycles. The van der Waals surface area contributed by atoms with Gasteiger partial charge in [-0.05, 0) is 72.2 Å². The van der Waals surface area contributed by atoms with E-state index < -0.39 is 11.9 Å². The quantitative estimate of drug-likeness (QED) is 0.227. The first-order valence-electron chi connectivity index (χ1n) is 15.8. The molecule has 0 saturated carbocycles. The Bertz CT molecular complexity index is 1690. The van der Waals surface area contributed by atoms with Gasteiger partial charge in [0.2, 0.25) is 0 Å². The van der Waals surface area contributed by atoms with Crippen molar-refractivity contribution in [1.29, 1.82) is 0 Å². The van der Waals surface area contributed by atoms with Crippen molar-refractivity contribution in [1.82, 2.24) is 19.9 Å². The first-order chi connectivity index (χ1) is 21.2. The fourth-order valence-electron chi connectivity index (χ4n) is 5.92. The van der Waals surface area contributed by atoms with Gasteiger partial charge in [-0.3, -0.25) is 9.59 Å². The lowest BCUT2D eigenvalue weighted by Crippen LogP contribution is -2.03. The standard InChI is InChI=1S/C36H42N4O4/c1-7-11-23-15-29-31-17-25(13-9-3)36(39-31)34(44-22(6)42)20-28-24(12-8-2)16-30(38-28)32-18-26(14-10-4)35(40-32)33(43-21(5)41)19-27(23)37-29/h15-20,37-38H,7-14H2,1-6H3. The smallest absolute Gasteiger partial charge is 0.308 e. The van der Waals surface area contributed by atoms with E-state index >= 15 is 0 Å². The maximum absolute atomic E-state index is 12.4. The normalized spacial score (nSPS) is 12.6.